The molecule has 0 amide bonds. The maximum Gasteiger partial charge on any atom is 0.123 e. The largest absolute Gasteiger partial charge is 0.468 e. The van der Waals surface area contributed by atoms with Gasteiger partial charge in [0, 0.05) is 23.8 Å². The second-order valence-corrected chi connectivity index (χ2v) is 7.05. The fraction of sp³-hybridized carbons (Fsp3) is 0.208. The van der Waals surface area contributed by atoms with Gasteiger partial charge in [-0.25, -0.2) is 4.39 Å². The minimum absolute atomic E-state index is 0. The van der Waals surface area contributed by atoms with Crippen LogP contribution in [0.15, 0.2) is 77.5 Å². The molecule has 2 aromatic carbocycles. The molecule has 6 heteroatoms. The highest BCUT2D eigenvalue weighted by Crippen LogP contribution is 2.23. The Kier molecular flexibility index (Phi) is 7.82. The SMILES string of the molecule is Cl.Fc1ccc(Cc2ccc3c(NCCCNCc4ccco4)ccnc3c2)cc1. The number of pyridine rings is 1. The summed E-state index contributed by atoms with van der Waals surface area (Å²) >= 11 is 0. The van der Waals surface area contributed by atoms with Gasteiger partial charge in [0.25, 0.3) is 0 Å². The van der Waals surface area contributed by atoms with Crippen LogP contribution in [-0.4, -0.2) is 18.1 Å². The molecular weight excluding hydrogens is 401 g/mol. The van der Waals surface area contributed by atoms with Crippen LogP contribution in [0, 0.1) is 5.82 Å². The van der Waals surface area contributed by atoms with Gasteiger partial charge in [0.1, 0.15) is 11.6 Å². The monoisotopic (exact) mass is 425 g/mol. The third-order valence-electron chi connectivity index (χ3n) is 4.85. The zero-order valence-electron chi connectivity index (χ0n) is 16.6. The summed E-state index contributed by atoms with van der Waals surface area (Å²) in [5.74, 6) is 0.746. The molecule has 2 aromatic heterocycles. The van der Waals surface area contributed by atoms with E-state index < -0.39 is 0 Å². The number of hydrogen-bond acceptors (Lipinski definition) is 4. The van der Waals surface area contributed by atoms with Crippen molar-refractivity contribution in [2.45, 2.75) is 19.4 Å². The van der Waals surface area contributed by atoms with Crippen molar-refractivity contribution in [1.29, 1.82) is 0 Å². The van der Waals surface area contributed by atoms with Crippen LogP contribution >= 0.6 is 12.4 Å². The van der Waals surface area contributed by atoms with E-state index in [-0.39, 0.29) is 18.2 Å². The molecule has 0 atom stereocenters. The Morgan fingerprint density at radius 2 is 1.77 bits per heavy atom. The van der Waals surface area contributed by atoms with Crippen molar-refractivity contribution < 1.29 is 8.81 Å². The Morgan fingerprint density at radius 1 is 0.933 bits per heavy atom. The smallest absolute Gasteiger partial charge is 0.123 e. The second kappa shape index (κ2) is 10.8. The quantitative estimate of drug-likeness (QED) is 0.344. The Bertz CT molecular complexity index is 1050. The summed E-state index contributed by atoms with van der Waals surface area (Å²) in [6.07, 6.45) is 5.30. The van der Waals surface area contributed by atoms with E-state index in [0.29, 0.717) is 0 Å². The summed E-state index contributed by atoms with van der Waals surface area (Å²) in [5, 5.41) is 8.00. The third-order valence-corrected chi connectivity index (χ3v) is 4.85. The number of halogens is 2. The van der Waals surface area contributed by atoms with Gasteiger partial charge in [-0.3, -0.25) is 4.98 Å². The number of aromatic nitrogens is 1. The third kappa shape index (κ3) is 5.81. The van der Waals surface area contributed by atoms with E-state index in [9.17, 15) is 4.39 Å². The molecule has 0 bridgehead atoms. The topological polar surface area (TPSA) is 50.1 Å². The number of nitrogens with one attached hydrogen (secondary N) is 2. The Hall–Kier alpha value is -2.89. The van der Waals surface area contributed by atoms with Crippen molar-refractivity contribution >= 4 is 29.0 Å². The zero-order valence-corrected chi connectivity index (χ0v) is 17.4. The molecule has 0 radical (unpaired) electrons. The minimum atomic E-state index is -0.208. The number of anilines is 1. The van der Waals surface area contributed by atoms with Gasteiger partial charge in [0.2, 0.25) is 0 Å². The van der Waals surface area contributed by atoms with Gasteiger partial charge in [0.05, 0.1) is 18.3 Å². The van der Waals surface area contributed by atoms with Crippen molar-refractivity contribution in [3.63, 3.8) is 0 Å². The maximum atomic E-state index is 13.1. The lowest BCUT2D eigenvalue weighted by Crippen LogP contribution is -2.17. The van der Waals surface area contributed by atoms with Gasteiger partial charge in [0.15, 0.2) is 0 Å². The van der Waals surface area contributed by atoms with E-state index in [1.807, 2.05) is 36.5 Å². The van der Waals surface area contributed by atoms with E-state index in [4.69, 9.17) is 4.42 Å². The number of nitrogens with zero attached hydrogens (tertiary/aromatic N) is 1. The highest BCUT2D eigenvalue weighted by Gasteiger charge is 2.04. The molecule has 0 aliphatic rings. The minimum Gasteiger partial charge on any atom is -0.468 e. The fourth-order valence-electron chi connectivity index (χ4n) is 3.36. The van der Waals surface area contributed by atoms with Crippen molar-refractivity contribution in [3.05, 3.63) is 95.8 Å². The number of rotatable bonds is 9. The van der Waals surface area contributed by atoms with Gasteiger partial charge in [-0.05, 0) is 66.9 Å². The van der Waals surface area contributed by atoms with Crippen LogP contribution < -0.4 is 10.6 Å². The molecule has 4 nitrogen and oxygen atoms in total. The molecule has 156 valence electrons. The molecule has 2 heterocycles. The summed E-state index contributed by atoms with van der Waals surface area (Å²) < 4.78 is 18.4. The molecule has 4 rings (SSSR count). The molecule has 0 spiro atoms. The molecular formula is C24H25ClFN3O. The molecule has 0 aliphatic heterocycles. The summed E-state index contributed by atoms with van der Waals surface area (Å²) in [6.45, 7) is 2.54. The zero-order chi connectivity index (χ0) is 19.9. The first-order valence-electron chi connectivity index (χ1n) is 9.87. The first-order chi connectivity index (χ1) is 14.3. The van der Waals surface area contributed by atoms with Crippen LogP contribution in [0.25, 0.3) is 10.9 Å². The van der Waals surface area contributed by atoms with Gasteiger partial charge < -0.3 is 15.1 Å². The molecule has 0 saturated carbocycles. The van der Waals surface area contributed by atoms with Crippen LogP contribution in [0.3, 0.4) is 0 Å². The molecule has 0 saturated heterocycles. The van der Waals surface area contributed by atoms with E-state index in [2.05, 4.69) is 33.8 Å². The summed E-state index contributed by atoms with van der Waals surface area (Å²) in [7, 11) is 0. The number of hydrogen-bond donors (Lipinski definition) is 2. The Labute approximate surface area is 181 Å². The lowest BCUT2D eigenvalue weighted by molar-refractivity contribution is 0.482. The number of benzene rings is 2. The average molecular weight is 426 g/mol. The highest BCUT2D eigenvalue weighted by atomic mass is 35.5. The average Bonchev–Trinajstić information content (AvgIpc) is 3.26. The van der Waals surface area contributed by atoms with Crippen LogP contribution in [0.4, 0.5) is 10.1 Å². The molecule has 2 N–H and O–H groups in total. The molecule has 30 heavy (non-hydrogen) atoms. The Balaban J connectivity index is 0.00000256. The standard InChI is InChI=1S/C24H24FN3O.ClH/c25-20-7-4-18(5-8-20)15-19-6-9-22-23(10-13-28-24(22)16-19)27-12-2-11-26-17-21-3-1-14-29-21;/h1,3-10,13-14,16,26H,2,11-12,15,17H2,(H,27,28);1H. The van der Waals surface area contributed by atoms with E-state index in [1.54, 1.807) is 6.26 Å². The summed E-state index contributed by atoms with van der Waals surface area (Å²) in [4.78, 5) is 4.52. The van der Waals surface area contributed by atoms with E-state index >= 15 is 0 Å². The maximum absolute atomic E-state index is 13.1. The molecule has 4 aromatic rings. The fourth-order valence-corrected chi connectivity index (χ4v) is 3.36. The highest BCUT2D eigenvalue weighted by molar-refractivity contribution is 5.91. The van der Waals surface area contributed by atoms with Gasteiger partial charge >= 0.3 is 0 Å². The molecule has 0 aliphatic carbocycles. The van der Waals surface area contributed by atoms with Gasteiger partial charge in [-0.2, -0.15) is 0 Å². The number of fused-ring (bicyclic) bond motifs is 1. The predicted molar refractivity (Wildman–Crippen MR) is 122 cm³/mol. The van der Waals surface area contributed by atoms with Gasteiger partial charge in [-0.15, -0.1) is 12.4 Å². The van der Waals surface area contributed by atoms with Crippen LogP contribution in [-0.2, 0) is 13.0 Å². The van der Waals surface area contributed by atoms with Crippen LogP contribution in [0.2, 0.25) is 0 Å². The van der Waals surface area contributed by atoms with Crippen LogP contribution in [0.1, 0.15) is 23.3 Å². The van der Waals surface area contributed by atoms with Gasteiger partial charge in [-0.1, -0.05) is 24.3 Å². The molecule has 0 fully saturated rings. The predicted octanol–water partition coefficient (Wildman–Crippen LogP) is 5.57. The second-order valence-electron chi connectivity index (χ2n) is 7.05. The van der Waals surface area contributed by atoms with E-state index in [1.165, 1.54) is 12.1 Å². The van der Waals surface area contributed by atoms with E-state index in [0.717, 1.165) is 66.0 Å². The lowest BCUT2D eigenvalue weighted by atomic mass is 10.0. The summed E-state index contributed by atoms with van der Waals surface area (Å²) in [6, 6.07) is 18.9. The normalized spacial score (nSPS) is 10.7. The summed E-state index contributed by atoms with van der Waals surface area (Å²) in [5.41, 5.74) is 4.30. The first-order valence-corrected chi connectivity index (χ1v) is 9.87. The number of furan rings is 1. The van der Waals surface area contributed by atoms with Crippen LogP contribution in [0.5, 0.6) is 0 Å². The van der Waals surface area contributed by atoms with Crippen molar-refractivity contribution in [2.75, 3.05) is 18.4 Å². The van der Waals surface area contributed by atoms with Crippen molar-refractivity contribution in [1.82, 2.24) is 10.3 Å². The van der Waals surface area contributed by atoms with Crippen molar-refractivity contribution in [3.8, 4) is 0 Å². The Morgan fingerprint density at radius 3 is 2.57 bits per heavy atom. The first kappa shape index (κ1) is 21.8. The molecule has 0 unspecified atom stereocenters. The van der Waals surface area contributed by atoms with Crippen molar-refractivity contribution in [2.24, 2.45) is 0 Å². The lowest BCUT2D eigenvalue weighted by Gasteiger charge is -2.11.